The van der Waals surface area contributed by atoms with E-state index in [1.54, 1.807) is 6.92 Å². The fourth-order valence-electron chi connectivity index (χ4n) is 2.01. The highest BCUT2D eigenvalue weighted by Crippen LogP contribution is 2.03. The Hall–Kier alpha value is -4.04. The maximum atomic E-state index is 11.3. The van der Waals surface area contributed by atoms with Crippen LogP contribution in [0.3, 0.4) is 0 Å². The third-order valence-electron chi connectivity index (χ3n) is 4.43. The summed E-state index contributed by atoms with van der Waals surface area (Å²) >= 11 is 0. The van der Waals surface area contributed by atoms with Gasteiger partial charge in [-0.15, -0.1) is 0 Å². The molecule has 1 unspecified atom stereocenters. The van der Waals surface area contributed by atoms with E-state index in [2.05, 4.69) is 35.8 Å². The van der Waals surface area contributed by atoms with E-state index in [1.165, 1.54) is 12.2 Å². The molecule has 1 atom stereocenters. The molecule has 0 N–H and O–H groups in total. The number of carbonyl (C=O) groups is 4. The molecule has 0 saturated carbocycles. The van der Waals surface area contributed by atoms with Gasteiger partial charge in [-0.2, -0.15) is 0 Å². The number of rotatable bonds is 22. The predicted octanol–water partition coefficient (Wildman–Crippen LogP) is 5.31. The van der Waals surface area contributed by atoms with Gasteiger partial charge in [-0.25, -0.2) is 19.2 Å². The molecule has 0 fully saturated rings. The fraction of sp³-hybridized carbons (Fsp3) is 0.586. The molecular weight excluding hydrogens is 572 g/mol. The molecular formula is C29H46O14. The zero-order valence-corrected chi connectivity index (χ0v) is 25.5. The van der Waals surface area contributed by atoms with Gasteiger partial charge in [0.05, 0.1) is 26.4 Å². The van der Waals surface area contributed by atoms with Crippen molar-refractivity contribution in [3.8, 4) is 0 Å². The summed E-state index contributed by atoms with van der Waals surface area (Å²) in [6.07, 6.45) is 0.523. The average Bonchev–Trinajstić information content (AvgIpc) is 3.00. The lowest BCUT2D eigenvalue weighted by Gasteiger charge is -2.14. The Kier molecular flexibility index (Phi) is 28.1. The van der Waals surface area contributed by atoms with Crippen molar-refractivity contribution < 1.29 is 66.5 Å². The molecule has 0 saturated heterocycles. The molecule has 0 rings (SSSR count). The minimum absolute atomic E-state index is 0.0915. The number of hydrogen-bond donors (Lipinski definition) is 0. The van der Waals surface area contributed by atoms with E-state index >= 15 is 0 Å². The Bertz CT molecular complexity index is 807. The second kappa shape index (κ2) is 29.5. The van der Waals surface area contributed by atoms with Crippen LogP contribution in [0.2, 0.25) is 0 Å². The van der Waals surface area contributed by atoms with E-state index in [1.807, 2.05) is 13.8 Å². The molecule has 0 aromatic heterocycles. The van der Waals surface area contributed by atoms with Gasteiger partial charge in [-0.05, 0) is 30.9 Å². The average molecular weight is 619 g/mol. The lowest BCUT2D eigenvalue weighted by atomic mass is 10.3. The summed E-state index contributed by atoms with van der Waals surface area (Å²) in [5.74, 6) is 0. The maximum Gasteiger partial charge on any atom is 0.508 e. The molecule has 0 radical (unpaired) electrons. The van der Waals surface area contributed by atoms with Gasteiger partial charge in [-0.3, -0.25) is 0 Å². The van der Waals surface area contributed by atoms with Crippen LogP contribution in [0.15, 0.2) is 49.6 Å². The monoisotopic (exact) mass is 618 g/mol. The zero-order valence-electron chi connectivity index (χ0n) is 25.5. The fourth-order valence-corrected chi connectivity index (χ4v) is 2.01. The topological polar surface area (TPSA) is 161 Å². The van der Waals surface area contributed by atoms with Gasteiger partial charge < -0.3 is 47.4 Å². The van der Waals surface area contributed by atoms with Crippen LogP contribution in [0.5, 0.6) is 0 Å². The summed E-state index contributed by atoms with van der Waals surface area (Å²) < 4.78 is 48.2. The minimum atomic E-state index is -0.826. The molecule has 0 bridgehead atoms. The third kappa shape index (κ3) is 30.7. The quantitative estimate of drug-likeness (QED) is 0.0664. The highest BCUT2D eigenvalue weighted by molar-refractivity contribution is 5.61. The van der Waals surface area contributed by atoms with Gasteiger partial charge in [0.1, 0.15) is 52.4 Å². The van der Waals surface area contributed by atoms with Gasteiger partial charge >= 0.3 is 24.6 Å². The van der Waals surface area contributed by atoms with Crippen molar-refractivity contribution in [3.05, 3.63) is 49.6 Å². The van der Waals surface area contributed by atoms with Gasteiger partial charge in [0, 0.05) is 0 Å². The molecule has 0 amide bonds. The Morgan fingerprint density at radius 3 is 1.40 bits per heavy atom. The van der Waals surface area contributed by atoms with Crippen molar-refractivity contribution in [2.75, 3.05) is 72.7 Å². The first-order valence-electron chi connectivity index (χ1n) is 13.5. The summed E-state index contributed by atoms with van der Waals surface area (Å²) in [6, 6.07) is 0. The van der Waals surface area contributed by atoms with Gasteiger partial charge in [-0.1, -0.05) is 52.3 Å². The molecule has 14 nitrogen and oxygen atoms in total. The molecule has 0 aliphatic rings. The van der Waals surface area contributed by atoms with Crippen LogP contribution >= 0.6 is 0 Å². The second-order valence-electron chi connectivity index (χ2n) is 8.14. The smallest absolute Gasteiger partial charge is 0.432 e. The highest BCUT2D eigenvalue weighted by atomic mass is 16.8. The zero-order chi connectivity index (χ0) is 32.7. The third-order valence-corrected chi connectivity index (χ3v) is 4.43. The molecule has 43 heavy (non-hydrogen) atoms. The van der Waals surface area contributed by atoms with Crippen molar-refractivity contribution >= 4 is 24.6 Å². The van der Waals surface area contributed by atoms with E-state index in [9.17, 15) is 19.2 Å². The molecule has 0 aromatic carbocycles. The van der Waals surface area contributed by atoms with E-state index in [-0.39, 0.29) is 59.5 Å². The van der Waals surface area contributed by atoms with Crippen LogP contribution in [0.1, 0.15) is 33.6 Å². The van der Waals surface area contributed by atoms with Crippen molar-refractivity contribution in [1.29, 1.82) is 0 Å². The van der Waals surface area contributed by atoms with Crippen LogP contribution in [0, 0.1) is 0 Å². The van der Waals surface area contributed by atoms with Gasteiger partial charge in [0.15, 0.2) is 0 Å². The molecule has 246 valence electrons. The van der Waals surface area contributed by atoms with Crippen LogP contribution < -0.4 is 0 Å². The number of ether oxygens (including phenoxy) is 10. The number of carbonyl (C=O) groups excluding carboxylic acids is 4. The van der Waals surface area contributed by atoms with Crippen molar-refractivity contribution in [1.82, 2.24) is 0 Å². The molecule has 0 spiro atoms. The first-order chi connectivity index (χ1) is 20.6. The first-order valence-corrected chi connectivity index (χ1v) is 13.5. The van der Waals surface area contributed by atoms with Crippen molar-refractivity contribution in [2.45, 2.75) is 39.7 Å². The summed E-state index contributed by atoms with van der Waals surface area (Å²) in [5.41, 5.74) is 1.58. The van der Waals surface area contributed by atoms with Crippen LogP contribution in [-0.2, 0) is 47.4 Å². The Balaban J connectivity index is 0. The van der Waals surface area contributed by atoms with E-state index in [0.717, 1.165) is 24.0 Å². The molecule has 0 aliphatic carbocycles. The van der Waals surface area contributed by atoms with Gasteiger partial charge in [0.25, 0.3) is 0 Å². The molecule has 0 aromatic rings. The van der Waals surface area contributed by atoms with Crippen LogP contribution in [0.25, 0.3) is 0 Å². The summed E-state index contributed by atoms with van der Waals surface area (Å²) in [7, 11) is 0. The Morgan fingerprint density at radius 1 is 0.581 bits per heavy atom. The maximum absolute atomic E-state index is 11.3. The normalized spacial score (nSPS) is 10.4. The Labute approximate surface area is 253 Å². The SMILES string of the molecule is C=C(CC)COC(=O)OCC(C)OC(=O)OCC(=C)CC.C=CCOC(=O)OCCOCCOCCOC(=O)OCC=C. The van der Waals surface area contributed by atoms with E-state index < -0.39 is 30.7 Å². The van der Waals surface area contributed by atoms with E-state index in [4.69, 9.17) is 37.9 Å². The molecule has 0 heterocycles. The first kappa shape index (κ1) is 41.1. The second-order valence-corrected chi connectivity index (χ2v) is 8.14. The number of hydrogen-bond acceptors (Lipinski definition) is 14. The standard InChI is InChI=1S/C15H24O6.C14H22O8/c1-6-11(3)8-18-14(16)20-10-13(5)21-15(17)19-9-12(4)7-2;1-3-5-19-13(15)21-11-9-17-7-8-18-10-12-22-14(16)20-6-4-2/h13H,3-4,6-10H2,1-2,5H3;3-4H,1-2,5-12H2. The summed E-state index contributed by atoms with van der Waals surface area (Å²) in [6.45, 7) is 21.2. The minimum Gasteiger partial charge on any atom is -0.432 e. The predicted molar refractivity (Wildman–Crippen MR) is 155 cm³/mol. The van der Waals surface area contributed by atoms with E-state index in [0.29, 0.717) is 13.2 Å². The summed E-state index contributed by atoms with van der Waals surface area (Å²) in [4.78, 5) is 44.3. The molecule has 0 aliphatic heterocycles. The summed E-state index contributed by atoms with van der Waals surface area (Å²) in [5, 5.41) is 0. The largest absolute Gasteiger partial charge is 0.508 e. The lowest BCUT2D eigenvalue weighted by Crippen LogP contribution is -2.23. The van der Waals surface area contributed by atoms with Crippen molar-refractivity contribution in [2.24, 2.45) is 0 Å². The van der Waals surface area contributed by atoms with Gasteiger partial charge in [0.2, 0.25) is 0 Å². The molecule has 14 heteroatoms. The Morgan fingerprint density at radius 2 is 0.977 bits per heavy atom. The van der Waals surface area contributed by atoms with Crippen LogP contribution in [-0.4, -0.2) is 103 Å². The lowest BCUT2D eigenvalue weighted by molar-refractivity contribution is -0.00697. The van der Waals surface area contributed by atoms with Crippen LogP contribution in [0.4, 0.5) is 19.2 Å². The van der Waals surface area contributed by atoms with Crippen molar-refractivity contribution in [3.63, 3.8) is 0 Å². The highest BCUT2D eigenvalue weighted by Gasteiger charge is 2.14.